The first kappa shape index (κ1) is 12.1. The zero-order valence-electron chi connectivity index (χ0n) is 9.62. The molecule has 15 heavy (non-hydrogen) atoms. The maximum Gasteiger partial charge on any atom is 0.410 e. The van der Waals surface area contributed by atoms with Crippen molar-refractivity contribution in [3.8, 4) is 0 Å². The second kappa shape index (κ2) is 4.70. The van der Waals surface area contributed by atoms with Crippen LogP contribution in [-0.4, -0.2) is 42.2 Å². The van der Waals surface area contributed by atoms with E-state index in [1.165, 1.54) is 0 Å². The quantitative estimate of drug-likeness (QED) is 0.654. The molecule has 1 amide bonds. The van der Waals surface area contributed by atoms with Gasteiger partial charge in [0.15, 0.2) is 0 Å². The van der Waals surface area contributed by atoms with E-state index < -0.39 is 5.60 Å². The van der Waals surface area contributed by atoms with Gasteiger partial charge in [-0.15, -0.1) is 0 Å². The van der Waals surface area contributed by atoms with Crippen molar-refractivity contribution in [1.82, 2.24) is 4.90 Å². The number of carbonyl (C=O) groups excluding carboxylic acids is 1. The molecule has 0 radical (unpaired) electrons. The van der Waals surface area contributed by atoms with Gasteiger partial charge in [0, 0.05) is 13.1 Å². The lowest BCUT2D eigenvalue weighted by molar-refractivity contribution is 0.0267. The van der Waals surface area contributed by atoms with E-state index in [-0.39, 0.29) is 13.6 Å². The van der Waals surface area contributed by atoms with Crippen LogP contribution in [0.2, 0.25) is 0 Å². The Labute approximate surface area is 91.2 Å². The highest BCUT2D eigenvalue weighted by molar-refractivity contribution is 6.36. The second-order valence-corrected chi connectivity index (χ2v) is 4.70. The predicted molar refractivity (Wildman–Crippen MR) is 59.9 cm³/mol. The number of carbonyl (C=O) groups is 1. The van der Waals surface area contributed by atoms with Crippen LogP contribution in [0, 0.1) is 0 Å². The molecule has 0 spiro atoms. The fraction of sp³-hybridized carbons (Fsp3) is 0.700. The molecule has 1 aliphatic rings. The highest BCUT2D eigenvalue weighted by Crippen LogP contribution is 2.14. The second-order valence-electron chi connectivity index (χ2n) is 4.70. The number of nitrogens with zero attached hydrogens (tertiary/aromatic N) is 1. The van der Waals surface area contributed by atoms with Gasteiger partial charge in [-0.25, -0.2) is 4.79 Å². The molecule has 1 heterocycles. The van der Waals surface area contributed by atoms with Crippen LogP contribution in [0.25, 0.3) is 0 Å². The van der Waals surface area contributed by atoms with Gasteiger partial charge in [0.25, 0.3) is 7.48 Å². The van der Waals surface area contributed by atoms with Gasteiger partial charge in [-0.3, -0.25) is 0 Å². The van der Waals surface area contributed by atoms with E-state index in [1.807, 2.05) is 26.8 Å². The monoisotopic (exact) mass is 211 g/mol. The molecule has 0 aromatic heterocycles. The number of ether oxygens (including phenoxy) is 1. The molecule has 0 aliphatic carbocycles. The molecule has 0 aromatic rings. The van der Waals surface area contributed by atoms with Gasteiger partial charge >= 0.3 is 6.09 Å². The molecule has 1 N–H and O–H groups in total. The lowest BCUT2D eigenvalue weighted by Gasteiger charge is -2.29. The third-order valence-electron chi connectivity index (χ3n) is 2.16. The van der Waals surface area contributed by atoms with Crippen LogP contribution in [0.3, 0.4) is 0 Å². The molecule has 0 unspecified atom stereocenters. The maximum atomic E-state index is 11.6. The first-order chi connectivity index (χ1) is 6.92. The molecule has 1 rings (SSSR count). The average molecular weight is 211 g/mol. The molecule has 0 aromatic carbocycles. The Morgan fingerprint density at radius 3 is 2.67 bits per heavy atom. The molecule has 0 saturated carbocycles. The number of amides is 1. The van der Waals surface area contributed by atoms with Crippen molar-refractivity contribution in [3.05, 3.63) is 11.5 Å². The van der Waals surface area contributed by atoms with Crippen LogP contribution in [0.1, 0.15) is 27.2 Å². The summed E-state index contributed by atoms with van der Waals surface area (Å²) in [5, 5.41) is 8.90. The first-order valence-corrected chi connectivity index (χ1v) is 5.19. The Hall–Kier alpha value is -0.965. The Bertz CT molecular complexity index is 270. The van der Waals surface area contributed by atoms with Crippen LogP contribution >= 0.6 is 0 Å². The molecule has 84 valence electrons. The SMILES string of the molecule is CC(C)(C)OC(=O)N1CC=C(BO)CC1. The van der Waals surface area contributed by atoms with Crippen LogP contribution in [0.4, 0.5) is 4.79 Å². The highest BCUT2D eigenvalue weighted by atomic mass is 16.6. The van der Waals surface area contributed by atoms with Crippen molar-refractivity contribution in [2.75, 3.05) is 13.1 Å². The van der Waals surface area contributed by atoms with Gasteiger partial charge < -0.3 is 14.7 Å². The summed E-state index contributed by atoms with van der Waals surface area (Å²) < 4.78 is 5.24. The van der Waals surface area contributed by atoms with Gasteiger partial charge in [0.05, 0.1) is 0 Å². The lowest BCUT2D eigenvalue weighted by Crippen LogP contribution is -2.39. The summed E-state index contributed by atoms with van der Waals surface area (Å²) in [7, 11) is 0.0855. The minimum absolute atomic E-state index is 0.0855. The van der Waals surface area contributed by atoms with Crippen molar-refractivity contribution in [2.24, 2.45) is 0 Å². The van der Waals surface area contributed by atoms with Crippen molar-refractivity contribution in [2.45, 2.75) is 32.8 Å². The minimum Gasteiger partial charge on any atom is -0.449 e. The molecule has 1 aliphatic heterocycles. The van der Waals surface area contributed by atoms with Gasteiger partial charge in [-0.1, -0.05) is 11.5 Å². The minimum atomic E-state index is -0.446. The molecule has 4 nitrogen and oxygen atoms in total. The van der Waals surface area contributed by atoms with Crippen LogP contribution in [0.15, 0.2) is 11.5 Å². The Balaban J connectivity index is 2.47. The van der Waals surface area contributed by atoms with Gasteiger partial charge in [-0.2, -0.15) is 0 Å². The Morgan fingerprint density at radius 2 is 2.27 bits per heavy atom. The van der Waals surface area contributed by atoms with E-state index in [9.17, 15) is 4.79 Å². The van der Waals surface area contributed by atoms with Crippen LogP contribution < -0.4 is 0 Å². The number of rotatable bonds is 1. The Morgan fingerprint density at radius 1 is 1.60 bits per heavy atom. The topological polar surface area (TPSA) is 49.8 Å². The standard InChI is InChI=1S/C10H18BNO3/c1-10(2,3)15-9(13)12-6-4-8(11-14)5-7-12/h4,11,14H,5-7H2,1-3H3. The van der Waals surface area contributed by atoms with Gasteiger partial charge in [0.2, 0.25) is 0 Å². The molecule has 0 bridgehead atoms. The lowest BCUT2D eigenvalue weighted by atomic mass is 9.83. The van der Waals surface area contributed by atoms with E-state index in [4.69, 9.17) is 9.76 Å². The zero-order chi connectivity index (χ0) is 11.5. The molecule has 0 saturated heterocycles. The maximum absolute atomic E-state index is 11.6. The summed E-state index contributed by atoms with van der Waals surface area (Å²) in [6, 6.07) is 0. The molecule has 5 heteroatoms. The third-order valence-corrected chi connectivity index (χ3v) is 2.16. The number of hydrogen-bond acceptors (Lipinski definition) is 3. The first-order valence-electron chi connectivity index (χ1n) is 5.19. The smallest absolute Gasteiger partial charge is 0.410 e. The van der Waals surface area contributed by atoms with Crippen molar-refractivity contribution < 1.29 is 14.6 Å². The van der Waals surface area contributed by atoms with E-state index in [1.54, 1.807) is 4.90 Å². The molecular formula is C10H18BNO3. The molecule has 0 atom stereocenters. The fourth-order valence-corrected chi connectivity index (χ4v) is 1.35. The predicted octanol–water partition coefficient (Wildman–Crippen LogP) is 0.855. The van der Waals surface area contributed by atoms with E-state index in [0.717, 1.165) is 11.9 Å². The summed E-state index contributed by atoms with van der Waals surface area (Å²) in [5.41, 5.74) is 0.549. The van der Waals surface area contributed by atoms with Gasteiger partial charge in [0.1, 0.15) is 5.60 Å². The summed E-state index contributed by atoms with van der Waals surface area (Å²) in [6.45, 7) is 6.71. The summed E-state index contributed by atoms with van der Waals surface area (Å²) in [6.07, 6.45) is 2.33. The summed E-state index contributed by atoms with van der Waals surface area (Å²) in [5.74, 6) is 0. The molecule has 0 fully saturated rings. The Kier molecular flexibility index (Phi) is 3.80. The normalized spacial score (nSPS) is 17.1. The average Bonchev–Trinajstić information content (AvgIpc) is 2.15. The van der Waals surface area contributed by atoms with Gasteiger partial charge in [-0.05, 0) is 27.2 Å². The highest BCUT2D eigenvalue weighted by Gasteiger charge is 2.23. The van der Waals surface area contributed by atoms with E-state index >= 15 is 0 Å². The van der Waals surface area contributed by atoms with E-state index in [2.05, 4.69) is 0 Å². The molecular weight excluding hydrogens is 193 g/mol. The largest absolute Gasteiger partial charge is 0.449 e. The fourth-order valence-electron chi connectivity index (χ4n) is 1.35. The van der Waals surface area contributed by atoms with Crippen molar-refractivity contribution >= 4 is 13.6 Å². The summed E-state index contributed by atoms with van der Waals surface area (Å²) >= 11 is 0. The van der Waals surface area contributed by atoms with Crippen molar-refractivity contribution in [1.29, 1.82) is 0 Å². The van der Waals surface area contributed by atoms with Crippen LogP contribution in [-0.2, 0) is 4.74 Å². The third kappa shape index (κ3) is 3.95. The van der Waals surface area contributed by atoms with Crippen molar-refractivity contribution in [3.63, 3.8) is 0 Å². The number of hydrogen-bond donors (Lipinski definition) is 1. The zero-order valence-corrected chi connectivity index (χ0v) is 9.62. The van der Waals surface area contributed by atoms with E-state index in [0.29, 0.717) is 13.1 Å². The summed E-state index contributed by atoms with van der Waals surface area (Å²) in [4.78, 5) is 13.3. The van der Waals surface area contributed by atoms with Crippen LogP contribution in [0.5, 0.6) is 0 Å².